The van der Waals surface area contributed by atoms with E-state index in [9.17, 15) is 0 Å². The molecule has 1 unspecified atom stereocenters. The average molecular weight is 323 g/mol. The van der Waals surface area contributed by atoms with Gasteiger partial charge in [0.2, 0.25) is 0 Å². The summed E-state index contributed by atoms with van der Waals surface area (Å²) in [4.78, 5) is 5.86. The highest BCUT2D eigenvalue weighted by Crippen LogP contribution is 2.39. The Morgan fingerprint density at radius 1 is 1.50 bits per heavy atom. The van der Waals surface area contributed by atoms with E-state index in [0.29, 0.717) is 6.04 Å². The highest BCUT2D eigenvalue weighted by molar-refractivity contribution is 9.11. The molecule has 3 rings (SSSR count). The van der Waals surface area contributed by atoms with Crippen LogP contribution in [0, 0.1) is 6.92 Å². The van der Waals surface area contributed by atoms with Crippen LogP contribution in [-0.4, -0.2) is 4.98 Å². The molecule has 0 spiro atoms. The van der Waals surface area contributed by atoms with E-state index in [1.54, 1.807) is 0 Å². The van der Waals surface area contributed by atoms with Crippen molar-refractivity contribution < 1.29 is 0 Å². The lowest BCUT2D eigenvalue weighted by Gasteiger charge is -2.25. The van der Waals surface area contributed by atoms with Crippen LogP contribution in [0.5, 0.6) is 0 Å². The second kappa shape index (κ2) is 5.02. The summed E-state index contributed by atoms with van der Waals surface area (Å²) in [5.41, 5.74) is 3.68. The zero-order valence-corrected chi connectivity index (χ0v) is 12.6. The van der Waals surface area contributed by atoms with Gasteiger partial charge in [0.1, 0.15) is 0 Å². The summed E-state index contributed by atoms with van der Waals surface area (Å²) in [6.07, 6.45) is 5.52. The summed E-state index contributed by atoms with van der Waals surface area (Å²) >= 11 is 5.47. The van der Waals surface area contributed by atoms with Crippen LogP contribution in [0.25, 0.3) is 0 Å². The summed E-state index contributed by atoms with van der Waals surface area (Å²) in [5.74, 6) is 0. The smallest absolute Gasteiger partial charge is 0.0705 e. The second-order valence-corrected chi connectivity index (χ2v) is 7.17. The van der Waals surface area contributed by atoms with Crippen molar-refractivity contribution in [3.63, 3.8) is 0 Å². The van der Waals surface area contributed by atoms with Gasteiger partial charge in [0.05, 0.1) is 21.2 Å². The van der Waals surface area contributed by atoms with Gasteiger partial charge in [-0.2, -0.15) is 0 Å². The molecule has 1 N–H and O–H groups in total. The Labute approximate surface area is 120 Å². The van der Waals surface area contributed by atoms with Gasteiger partial charge in [-0.3, -0.25) is 4.98 Å². The Morgan fingerprint density at radius 2 is 2.39 bits per heavy atom. The molecule has 94 valence electrons. The van der Waals surface area contributed by atoms with Gasteiger partial charge in [-0.25, -0.2) is 0 Å². The fourth-order valence-corrected chi connectivity index (χ4v) is 4.32. The summed E-state index contributed by atoms with van der Waals surface area (Å²) in [6.45, 7) is 2.05. The summed E-state index contributed by atoms with van der Waals surface area (Å²) in [6, 6.07) is 6.79. The number of fused-ring (bicyclic) bond motifs is 1. The van der Waals surface area contributed by atoms with E-state index in [0.717, 1.165) is 11.4 Å². The molecule has 18 heavy (non-hydrogen) atoms. The third-order valence-corrected chi connectivity index (χ3v) is 5.13. The van der Waals surface area contributed by atoms with Crippen molar-refractivity contribution in [3.8, 4) is 0 Å². The van der Waals surface area contributed by atoms with Gasteiger partial charge in [-0.15, -0.1) is 11.3 Å². The van der Waals surface area contributed by atoms with Crippen molar-refractivity contribution in [2.75, 3.05) is 5.32 Å². The Morgan fingerprint density at radius 3 is 3.22 bits per heavy atom. The van der Waals surface area contributed by atoms with Crippen LogP contribution in [0.4, 0.5) is 5.69 Å². The number of nitrogens with zero attached hydrogens (tertiary/aromatic N) is 1. The first kappa shape index (κ1) is 12.2. The maximum Gasteiger partial charge on any atom is 0.0705 e. The largest absolute Gasteiger partial charge is 0.377 e. The first-order chi connectivity index (χ1) is 8.74. The monoisotopic (exact) mass is 322 g/mol. The van der Waals surface area contributed by atoms with Crippen LogP contribution in [-0.2, 0) is 6.42 Å². The molecule has 1 atom stereocenters. The Kier molecular flexibility index (Phi) is 3.39. The molecule has 1 aliphatic carbocycles. The Balaban J connectivity index is 1.88. The van der Waals surface area contributed by atoms with Crippen LogP contribution in [0.1, 0.15) is 35.0 Å². The molecule has 1 aliphatic rings. The van der Waals surface area contributed by atoms with Crippen LogP contribution in [0.3, 0.4) is 0 Å². The van der Waals surface area contributed by atoms with Crippen LogP contribution in [0.15, 0.2) is 28.2 Å². The second-order valence-electron chi connectivity index (χ2n) is 4.65. The molecule has 2 aromatic rings. The number of hydrogen-bond acceptors (Lipinski definition) is 3. The van der Waals surface area contributed by atoms with E-state index in [1.165, 1.54) is 33.5 Å². The summed E-state index contributed by atoms with van der Waals surface area (Å²) in [7, 11) is 0. The minimum absolute atomic E-state index is 0.430. The number of pyridine rings is 1. The molecule has 2 heterocycles. The lowest BCUT2D eigenvalue weighted by atomic mass is 9.94. The first-order valence-corrected chi connectivity index (χ1v) is 7.81. The normalized spacial score (nSPS) is 18.4. The van der Waals surface area contributed by atoms with Gasteiger partial charge >= 0.3 is 0 Å². The molecule has 0 saturated carbocycles. The predicted molar refractivity (Wildman–Crippen MR) is 80.3 cm³/mol. The molecule has 0 saturated heterocycles. The van der Waals surface area contributed by atoms with Crippen molar-refractivity contribution in [2.24, 2.45) is 0 Å². The zero-order valence-electron chi connectivity index (χ0n) is 10.2. The number of anilines is 1. The molecule has 0 aliphatic heterocycles. The van der Waals surface area contributed by atoms with E-state index in [2.05, 4.69) is 45.3 Å². The Bertz CT molecular complexity index is 565. The van der Waals surface area contributed by atoms with Crippen molar-refractivity contribution in [1.82, 2.24) is 4.98 Å². The SMILES string of the molecule is Cc1ncccc1NC1CCCc2sc(Br)cc21. The maximum absolute atomic E-state index is 4.34. The lowest BCUT2D eigenvalue weighted by Crippen LogP contribution is -2.16. The number of nitrogens with one attached hydrogen (secondary N) is 1. The maximum atomic E-state index is 4.34. The van der Waals surface area contributed by atoms with E-state index in [-0.39, 0.29) is 0 Å². The Hall–Kier alpha value is -0.870. The highest BCUT2D eigenvalue weighted by Gasteiger charge is 2.22. The van der Waals surface area contributed by atoms with Gasteiger partial charge in [0.25, 0.3) is 0 Å². The van der Waals surface area contributed by atoms with E-state index < -0.39 is 0 Å². The van der Waals surface area contributed by atoms with Gasteiger partial charge in [0.15, 0.2) is 0 Å². The molecular weight excluding hydrogens is 308 g/mol. The number of rotatable bonds is 2. The average Bonchev–Trinajstić information content (AvgIpc) is 2.73. The number of hydrogen-bond donors (Lipinski definition) is 1. The third kappa shape index (κ3) is 2.31. The van der Waals surface area contributed by atoms with E-state index in [1.807, 2.05) is 23.6 Å². The predicted octanol–water partition coefficient (Wildman–Crippen LogP) is 4.70. The highest BCUT2D eigenvalue weighted by atomic mass is 79.9. The fraction of sp³-hybridized carbons (Fsp3) is 0.357. The number of aromatic nitrogens is 1. The molecule has 0 bridgehead atoms. The van der Waals surface area contributed by atoms with E-state index in [4.69, 9.17) is 0 Å². The molecule has 0 fully saturated rings. The van der Waals surface area contributed by atoms with Crippen LogP contribution < -0.4 is 5.32 Å². The van der Waals surface area contributed by atoms with Crippen LogP contribution in [0.2, 0.25) is 0 Å². The summed E-state index contributed by atoms with van der Waals surface area (Å²) in [5, 5.41) is 3.64. The van der Waals surface area contributed by atoms with E-state index >= 15 is 0 Å². The molecule has 0 aromatic carbocycles. The van der Waals surface area contributed by atoms with Gasteiger partial charge in [-0.1, -0.05) is 0 Å². The minimum Gasteiger partial charge on any atom is -0.377 e. The zero-order chi connectivity index (χ0) is 12.5. The first-order valence-electron chi connectivity index (χ1n) is 6.20. The minimum atomic E-state index is 0.430. The fourth-order valence-electron chi connectivity index (χ4n) is 2.50. The number of thiophene rings is 1. The van der Waals surface area contributed by atoms with Crippen molar-refractivity contribution in [3.05, 3.63) is 44.3 Å². The molecular formula is C14H15BrN2S. The number of aryl methyl sites for hydroxylation is 2. The quantitative estimate of drug-likeness (QED) is 0.866. The molecule has 4 heteroatoms. The van der Waals surface area contributed by atoms with Gasteiger partial charge in [-0.05, 0) is 65.9 Å². The topological polar surface area (TPSA) is 24.9 Å². The van der Waals surface area contributed by atoms with Gasteiger partial charge < -0.3 is 5.32 Å². The number of halogens is 1. The third-order valence-electron chi connectivity index (χ3n) is 3.42. The van der Waals surface area contributed by atoms with Crippen molar-refractivity contribution in [2.45, 2.75) is 32.2 Å². The standard InChI is InChI=1S/C14H15BrN2S/c1-9-11(5-3-7-16-9)17-12-4-2-6-13-10(12)8-14(15)18-13/h3,5,7-8,12,17H,2,4,6H2,1H3. The van der Waals surface area contributed by atoms with Crippen molar-refractivity contribution in [1.29, 1.82) is 0 Å². The molecule has 2 nitrogen and oxygen atoms in total. The molecule has 0 radical (unpaired) electrons. The van der Waals surface area contributed by atoms with Crippen molar-refractivity contribution >= 4 is 33.0 Å². The van der Waals surface area contributed by atoms with Crippen LogP contribution >= 0.6 is 27.3 Å². The molecule has 0 amide bonds. The lowest BCUT2D eigenvalue weighted by molar-refractivity contribution is 0.608. The summed E-state index contributed by atoms with van der Waals surface area (Å²) < 4.78 is 1.24. The van der Waals surface area contributed by atoms with Gasteiger partial charge in [0, 0.05) is 11.1 Å². The molecule has 2 aromatic heterocycles.